The van der Waals surface area contributed by atoms with E-state index in [0.717, 1.165) is 21.9 Å². The molecule has 0 radical (unpaired) electrons. The molecule has 5 heteroatoms. The lowest BCUT2D eigenvalue weighted by molar-refractivity contribution is 0.0363. The Hall–Kier alpha value is -1.69. The van der Waals surface area contributed by atoms with Crippen LogP contribution in [0.25, 0.3) is 0 Å². The molecule has 1 aliphatic heterocycles. The number of anilines is 1. The highest BCUT2D eigenvalue weighted by molar-refractivity contribution is 7.99. The molecule has 110 valence electrons. The molecule has 1 aliphatic rings. The van der Waals surface area contributed by atoms with Gasteiger partial charge in [-0.3, -0.25) is 0 Å². The number of benzene rings is 2. The number of aliphatic hydroxyl groups is 2. The van der Waals surface area contributed by atoms with Gasteiger partial charge in [-0.05, 0) is 29.8 Å². The Labute approximate surface area is 127 Å². The fraction of sp³-hybridized carbons (Fsp3) is 0.250. The van der Waals surface area contributed by atoms with Gasteiger partial charge in [0.25, 0.3) is 0 Å². The molecule has 2 aromatic rings. The van der Waals surface area contributed by atoms with Crippen LogP contribution in [0.4, 0.5) is 5.69 Å². The average molecular weight is 303 g/mol. The van der Waals surface area contributed by atoms with Crippen molar-refractivity contribution in [3.8, 4) is 5.75 Å². The molecule has 0 bridgehead atoms. The SMILES string of the molecule is COc1ccc(C2Sc3ccccc3NC(O)C2O)cc1. The number of ether oxygens (including phenoxy) is 1. The second kappa shape index (κ2) is 5.97. The van der Waals surface area contributed by atoms with E-state index in [9.17, 15) is 10.2 Å². The molecule has 0 aliphatic carbocycles. The molecular formula is C16H17NO3S. The maximum absolute atomic E-state index is 10.4. The lowest BCUT2D eigenvalue weighted by atomic mass is 10.1. The quantitative estimate of drug-likeness (QED) is 0.796. The molecule has 3 N–H and O–H groups in total. The number of nitrogens with one attached hydrogen (secondary N) is 1. The molecule has 0 saturated carbocycles. The van der Waals surface area contributed by atoms with Gasteiger partial charge in [-0.2, -0.15) is 0 Å². The number of fused-ring (bicyclic) bond motifs is 1. The van der Waals surface area contributed by atoms with Crippen molar-refractivity contribution in [2.24, 2.45) is 0 Å². The van der Waals surface area contributed by atoms with Crippen molar-refractivity contribution >= 4 is 17.4 Å². The van der Waals surface area contributed by atoms with Crippen LogP contribution >= 0.6 is 11.8 Å². The van der Waals surface area contributed by atoms with Gasteiger partial charge in [0.2, 0.25) is 0 Å². The minimum atomic E-state index is -1.01. The molecule has 0 spiro atoms. The molecule has 3 rings (SSSR count). The van der Waals surface area contributed by atoms with Gasteiger partial charge in [-0.25, -0.2) is 0 Å². The Bertz CT molecular complexity index is 617. The highest BCUT2D eigenvalue weighted by Crippen LogP contribution is 2.44. The summed E-state index contributed by atoms with van der Waals surface area (Å²) >= 11 is 1.54. The third kappa shape index (κ3) is 2.85. The minimum absolute atomic E-state index is 0.248. The van der Waals surface area contributed by atoms with Crippen molar-refractivity contribution in [3.63, 3.8) is 0 Å². The normalized spacial score (nSPS) is 24.6. The van der Waals surface area contributed by atoms with E-state index in [1.165, 1.54) is 0 Å². The van der Waals surface area contributed by atoms with E-state index < -0.39 is 12.3 Å². The topological polar surface area (TPSA) is 61.7 Å². The number of hydrogen-bond donors (Lipinski definition) is 3. The summed E-state index contributed by atoms with van der Waals surface area (Å²) in [5.74, 6) is 0.769. The largest absolute Gasteiger partial charge is 0.497 e. The number of methoxy groups -OCH3 is 1. The predicted molar refractivity (Wildman–Crippen MR) is 83.7 cm³/mol. The van der Waals surface area contributed by atoms with Crippen LogP contribution in [0.1, 0.15) is 10.8 Å². The Kier molecular flexibility index (Phi) is 4.05. The molecule has 21 heavy (non-hydrogen) atoms. The first-order valence-electron chi connectivity index (χ1n) is 6.71. The van der Waals surface area contributed by atoms with E-state index >= 15 is 0 Å². The monoisotopic (exact) mass is 303 g/mol. The zero-order chi connectivity index (χ0) is 14.8. The summed E-state index contributed by atoms with van der Waals surface area (Å²) in [6.45, 7) is 0. The fourth-order valence-electron chi connectivity index (χ4n) is 2.36. The molecule has 4 nitrogen and oxygen atoms in total. The van der Waals surface area contributed by atoms with Crippen molar-refractivity contribution in [1.82, 2.24) is 0 Å². The average Bonchev–Trinajstić information content (AvgIpc) is 2.65. The fourth-order valence-corrected chi connectivity index (χ4v) is 3.63. The summed E-state index contributed by atoms with van der Waals surface area (Å²) in [5.41, 5.74) is 1.79. The maximum atomic E-state index is 10.4. The number of aliphatic hydroxyl groups excluding tert-OH is 2. The van der Waals surface area contributed by atoms with E-state index in [2.05, 4.69) is 5.32 Å². The van der Waals surface area contributed by atoms with E-state index in [0.29, 0.717) is 0 Å². The first-order valence-corrected chi connectivity index (χ1v) is 7.59. The summed E-state index contributed by atoms with van der Waals surface area (Å²) in [5, 5.41) is 23.2. The van der Waals surface area contributed by atoms with Crippen molar-refractivity contribution in [2.75, 3.05) is 12.4 Å². The zero-order valence-electron chi connectivity index (χ0n) is 11.6. The van der Waals surface area contributed by atoms with Crippen LogP contribution < -0.4 is 10.1 Å². The number of rotatable bonds is 2. The highest BCUT2D eigenvalue weighted by Gasteiger charge is 2.32. The Balaban J connectivity index is 1.96. The van der Waals surface area contributed by atoms with Crippen LogP contribution in [0.5, 0.6) is 5.75 Å². The van der Waals surface area contributed by atoms with Gasteiger partial charge in [0.15, 0.2) is 6.23 Å². The van der Waals surface area contributed by atoms with Gasteiger partial charge in [0.05, 0.1) is 12.4 Å². The first kappa shape index (κ1) is 14.3. The van der Waals surface area contributed by atoms with Gasteiger partial charge in [0, 0.05) is 10.6 Å². The lowest BCUT2D eigenvalue weighted by Crippen LogP contribution is -2.35. The van der Waals surface area contributed by atoms with Crippen molar-refractivity contribution < 1.29 is 14.9 Å². The summed E-state index contributed by atoms with van der Waals surface area (Å²) in [7, 11) is 1.62. The van der Waals surface area contributed by atoms with Gasteiger partial charge in [-0.1, -0.05) is 24.3 Å². The van der Waals surface area contributed by atoms with Crippen molar-refractivity contribution in [1.29, 1.82) is 0 Å². The van der Waals surface area contributed by atoms with Crippen LogP contribution in [-0.4, -0.2) is 29.7 Å². The summed E-state index contributed by atoms with van der Waals surface area (Å²) in [6, 6.07) is 15.3. The molecule has 3 unspecified atom stereocenters. The molecule has 0 aromatic heterocycles. The van der Waals surface area contributed by atoms with Crippen molar-refractivity contribution in [2.45, 2.75) is 22.5 Å². The smallest absolute Gasteiger partial charge is 0.152 e. The molecule has 0 amide bonds. The zero-order valence-corrected chi connectivity index (χ0v) is 12.4. The minimum Gasteiger partial charge on any atom is -0.497 e. The van der Waals surface area contributed by atoms with Gasteiger partial charge >= 0.3 is 0 Å². The summed E-state index contributed by atoms with van der Waals surface area (Å²) < 4.78 is 5.15. The Morgan fingerprint density at radius 3 is 2.48 bits per heavy atom. The van der Waals surface area contributed by atoms with E-state index in [1.807, 2.05) is 48.5 Å². The lowest BCUT2D eigenvalue weighted by Gasteiger charge is -2.24. The molecule has 0 saturated heterocycles. The first-order chi connectivity index (χ1) is 10.2. The number of hydrogen-bond acceptors (Lipinski definition) is 5. The number of para-hydroxylation sites is 1. The van der Waals surface area contributed by atoms with Crippen LogP contribution in [0, 0.1) is 0 Å². The van der Waals surface area contributed by atoms with Crippen LogP contribution in [0.3, 0.4) is 0 Å². The predicted octanol–water partition coefficient (Wildman–Crippen LogP) is 2.63. The van der Waals surface area contributed by atoms with Gasteiger partial charge in [-0.15, -0.1) is 11.8 Å². The summed E-state index contributed by atoms with van der Waals surface area (Å²) in [6.07, 6.45) is -1.91. The molecule has 1 heterocycles. The standard InChI is InChI=1S/C16H17NO3S/c1-20-11-8-6-10(7-9-11)15-14(18)16(19)17-12-4-2-3-5-13(12)21-15/h2-9,14-19H,1H3. The third-order valence-corrected chi connectivity index (χ3v) is 4.94. The Morgan fingerprint density at radius 1 is 1.05 bits per heavy atom. The Morgan fingerprint density at radius 2 is 1.76 bits per heavy atom. The highest BCUT2D eigenvalue weighted by atomic mass is 32.2. The number of thioether (sulfide) groups is 1. The van der Waals surface area contributed by atoms with Gasteiger partial charge < -0.3 is 20.3 Å². The van der Waals surface area contributed by atoms with Crippen molar-refractivity contribution in [3.05, 3.63) is 54.1 Å². The van der Waals surface area contributed by atoms with Gasteiger partial charge in [0.1, 0.15) is 11.9 Å². The molecule has 2 aromatic carbocycles. The van der Waals surface area contributed by atoms with E-state index in [4.69, 9.17) is 4.74 Å². The van der Waals surface area contributed by atoms with E-state index in [1.54, 1.807) is 18.9 Å². The van der Waals surface area contributed by atoms with Crippen LogP contribution in [-0.2, 0) is 0 Å². The second-order valence-electron chi connectivity index (χ2n) is 4.89. The maximum Gasteiger partial charge on any atom is 0.152 e. The molecule has 3 atom stereocenters. The molecular weight excluding hydrogens is 286 g/mol. The molecule has 0 fully saturated rings. The van der Waals surface area contributed by atoms with Crippen LogP contribution in [0.2, 0.25) is 0 Å². The van der Waals surface area contributed by atoms with E-state index in [-0.39, 0.29) is 5.25 Å². The second-order valence-corrected chi connectivity index (χ2v) is 6.07. The summed E-state index contributed by atoms with van der Waals surface area (Å²) in [4.78, 5) is 1.01. The van der Waals surface area contributed by atoms with Crippen LogP contribution in [0.15, 0.2) is 53.4 Å². The third-order valence-electron chi connectivity index (χ3n) is 3.52.